The summed E-state index contributed by atoms with van der Waals surface area (Å²) in [6, 6.07) is 13.5. The molecule has 0 spiro atoms. The number of piperidine rings is 1. The maximum absolute atomic E-state index is 15.4. The molecule has 2 saturated heterocycles. The fourth-order valence-electron chi connectivity index (χ4n) is 5.39. The Labute approximate surface area is 231 Å². The van der Waals surface area contributed by atoms with Gasteiger partial charge in [0.15, 0.2) is 0 Å². The summed E-state index contributed by atoms with van der Waals surface area (Å²) in [6.45, 7) is 8.71. The van der Waals surface area contributed by atoms with E-state index in [1.165, 1.54) is 11.6 Å². The van der Waals surface area contributed by atoms with Gasteiger partial charge in [-0.3, -0.25) is 0 Å². The first-order valence-corrected chi connectivity index (χ1v) is 15.2. The Morgan fingerprint density at radius 3 is 2.36 bits per heavy atom. The number of benzene rings is 2. The summed E-state index contributed by atoms with van der Waals surface area (Å²) in [7, 11) is 2.34. The molecule has 0 amide bonds. The highest BCUT2D eigenvalue weighted by molar-refractivity contribution is 8.14. The minimum atomic E-state index is -2.66. The number of hydrogen-bond donors (Lipinski definition) is 0. The van der Waals surface area contributed by atoms with Crippen LogP contribution >= 0.6 is 10.5 Å². The van der Waals surface area contributed by atoms with Crippen LogP contribution in [0.25, 0.3) is 0 Å². The van der Waals surface area contributed by atoms with Crippen molar-refractivity contribution in [3.63, 3.8) is 0 Å². The smallest absolute Gasteiger partial charge is 0.278 e. The fourth-order valence-corrected chi connectivity index (χ4v) is 6.56. The minimum Gasteiger partial charge on any atom is -0.357 e. The van der Waals surface area contributed by atoms with E-state index in [4.69, 9.17) is 0 Å². The number of nitrogens with zero attached hydrogens (tertiary/aromatic N) is 5. The van der Waals surface area contributed by atoms with Crippen molar-refractivity contribution in [2.24, 2.45) is 10.2 Å². The van der Waals surface area contributed by atoms with Crippen molar-refractivity contribution >= 4 is 33.5 Å². The zero-order valence-electron chi connectivity index (χ0n) is 22.5. The summed E-state index contributed by atoms with van der Waals surface area (Å²) in [5.41, 5.74) is 3.36. The lowest BCUT2D eigenvalue weighted by Gasteiger charge is -2.38. The van der Waals surface area contributed by atoms with Crippen molar-refractivity contribution < 1.29 is 13.2 Å². The van der Waals surface area contributed by atoms with Crippen molar-refractivity contribution in [1.29, 1.82) is 0 Å². The third kappa shape index (κ3) is 6.47. The standard InChI is InChI=1S/C30H36F3N5S/c1-21(37-14-16-39(3)17-15-37)38(26-8-6-22(7-9-26)23-10-12-36(2)13-11-23)20-25-5-4-24(18-27(25)31)28-19-29(30(32)33)35-34-28/h4-9,18,23,30H,1,3,10-17,19-20H2,2H3. The molecule has 0 aromatic heterocycles. The number of likely N-dealkylation sites (tertiary alicyclic amines) is 1. The van der Waals surface area contributed by atoms with Crippen LogP contribution in [0.3, 0.4) is 0 Å². The molecule has 0 atom stereocenters. The van der Waals surface area contributed by atoms with Gasteiger partial charge < -0.3 is 14.7 Å². The lowest BCUT2D eigenvalue weighted by atomic mass is 9.89. The van der Waals surface area contributed by atoms with Crippen LogP contribution in [0.5, 0.6) is 0 Å². The SMILES string of the molecule is C=C(N1CCS(=C)CC1)N(Cc1ccc(C2=NN=C(C(F)F)C2)cc1F)c1ccc(C2CCN(C)CC2)cc1. The first kappa shape index (κ1) is 27.6. The van der Waals surface area contributed by atoms with Crippen molar-refractivity contribution in [1.82, 2.24) is 9.80 Å². The van der Waals surface area contributed by atoms with Gasteiger partial charge in [-0.25, -0.2) is 13.2 Å². The molecule has 2 aromatic carbocycles. The number of rotatable bonds is 8. The van der Waals surface area contributed by atoms with E-state index < -0.39 is 12.2 Å². The van der Waals surface area contributed by atoms with Gasteiger partial charge >= 0.3 is 0 Å². The lowest BCUT2D eigenvalue weighted by Crippen LogP contribution is -2.40. The third-order valence-electron chi connectivity index (χ3n) is 7.99. The Morgan fingerprint density at radius 2 is 1.74 bits per heavy atom. The first-order chi connectivity index (χ1) is 18.8. The van der Waals surface area contributed by atoms with Crippen LogP contribution in [0.4, 0.5) is 18.9 Å². The summed E-state index contributed by atoms with van der Waals surface area (Å²) in [5, 5.41) is 7.41. The monoisotopic (exact) mass is 555 g/mol. The molecule has 0 aliphatic carbocycles. The second-order valence-corrected chi connectivity index (χ2v) is 12.6. The molecule has 0 saturated carbocycles. The molecule has 3 aliphatic rings. The van der Waals surface area contributed by atoms with Crippen LogP contribution in [-0.2, 0) is 6.54 Å². The molecule has 5 nitrogen and oxygen atoms in total. The van der Waals surface area contributed by atoms with Crippen molar-refractivity contribution in [3.8, 4) is 0 Å². The van der Waals surface area contributed by atoms with E-state index in [1.54, 1.807) is 12.1 Å². The van der Waals surface area contributed by atoms with Gasteiger partial charge in [0.2, 0.25) is 0 Å². The molecule has 5 rings (SSSR count). The maximum atomic E-state index is 15.4. The van der Waals surface area contributed by atoms with E-state index >= 15 is 4.39 Å². The van der Waals surface area contributed by atoms with Gasteiger partial charge in [-0.15, -0.1) is 0 Å². The molecule has 0 N–H and O–H groups in total. The van der Waals surface area contributed by atoms with Crippen LogP contribution in [0.1, 0.15) is 41.9 Å². The first-order valence-electron chi connectivity index (χ1n) is 13.5. The predicted molar refractivity (Wildman–Crippen MR) is 158 cm³/mol. The Hall–Kier alpha value is -2.91. The molecule has 9 heteroatoms. The van der Waals surface area contributed by atoms with Gasteiger partial charge in [0.1, 0.15) is 17.3 Å². The van der Waals surface area contributed by atoms with E-state index in [1.807, 2.05) is 0 Å². The highest BCUT2D eigenvalue weighted by Gasteiger charge is 2.25. The maximum Gasteiger partial charge on any atom is 0.278 e. The molecule has 3 aliphatic heterocycles. The lowest BCUT2D eigenvalue weighted by molar-refractivity contribution is 0.224. The zero-order valence-corrected chi connectivity index (χ0v) is 23.3. The second-order valence-electron chi connectivity index (χ2n) is 10.6. The molecule has 0 unspecified atom stereocenters. The molecule has 3 heterocycles. The highest BCUT2D eigenvalue weighted by atomic mass is 32.2. The van der Waals surface area contributed by atoms with Gasteiger partial charge in [-0.1, -0.05) is 36.7 Å². The normalized spacial score (nSPS) is 19.4. The Morgan fingerprint density at radius 1 is 1.05 bits per heavy atom. The van der Waals surface area contributed by atoms with E-state index in [0.29, 0.717) is 29.3 Å². The fraction of sp³-hybridized carbons (Fsp3) is 0.433. The summed E-state index contributed by atoms with van der Waals surface area (Å²) in [5.74, 6) is 7.28. The van der Waals surface area contributed by atoms with Crippen LogP contribution < -0.4 is 4.90 Å². The number of hydrogen-bond acceptors (Lipinski definition) is 5. The highest BCUT2D eigenvalue weighted by Crippen LogP contribution is 2.32. The number of anilines is 1. The molecule has 208 valence electrons. The molecule has 2 aromatic rings. The molecule has 0 radical (unpaired) electrons. The van der Waals surface area contributed by atoms with Gasteiger partial charge in [0.05, 0.1) is 12.3 Å². The van der Waals surface area contributed by atoms with Crippen molar-refractivity contribution in [2.75, 3.05) is 49.6 Å². The van der Waals surface area contributed by atoms with Crippen molar-refractivity contribution in [3.05, 3.63) is 77.4 Å². The topological polar surface area (TPSA) is 34.4 Å². The summed E-state index contributed by atoms with van der Waals surface area (Å²) in [4.78, 5) is 6.71. The van der Waals surface area contributed by atoms with Gasteiger partial charge in [-0.2, -0.15) is 20.7 Å². The van der Waals surface area contributed by atoms with Crippen LogP contribution in [0, 0.1) is 5.82 Å². The summed E-state index contributed by atoms with van der Waals surface area (Å²) >= 11 is 0. The second kappa shape index (κ2) is 12.1. The third-order valence-corrected chi connectivity index (χ3v) is 9.51. The van der Waals surface area contributed by atoms with Crippen LogP contribution in [0.15, 0.2) is 65.1 Å². The molecular formula is C30H36F3N5S. The van der Waals surface area contributed by atoms with E-state index in [2.05, 4.69) is 68.7 Å². The Bertz CT molecular complexity index is 1270. The summed E-state index contributed by atoms with van der Waals surface area (Å²) in [6.07, 6.45) is -0.416. The number of alkyl halides is 2. The molecular weight excluding hydrogens is 519 g/mol. The largest absolute Gasteiger partial charge is 0.357 e. The molecule has 39 heavy (non-hydrogen) atoms. The van der Waals surface area contributed by atoms with Gasteiger partial charge in [0.25, 0.3) is 6.43 Å². The van der Waals surface area contributed by atoms with Crippen LogP contribution in [0.2, 0.25) is 0 Å². The summed E-state index contributed by atoms with van der Waals surface area (Å²) < 4.78 is 41.4. The number of halogens is 3. The predicted octanol–water partition coefficient (Wildman–Crippen LogP) is 5.94. The molecule has 0 bridgehead atoms. The van der Waals surface area contributed by atoms with E-state index in [9.17, 15) is 8.78 Å². The zero-order chi connectivity index (χ0) is 27.5. The van der Waals surface area contributed by atoms with Gasteiger partial charge in [-0.05, 0) is 62.7 Å². The minimum absolute atomic E-state index is 0.0636. The molecule has 2 fully saturated rings. The Balaban J connectivity index is 1.36. The average molecular weight is 556 g/mol. The average Bonchev–Trinajstić information content (AvgIpc) is 3.44. The van der Waals surface area contributed by atoms with E-state index in [0.717, 1.165) is 62.0 Å². The van der Waals surface area contributed by atoms with E-state index in [-0.39, 0.29) is 22.6 Å². The van der Waals surface area contributed by atoms with Crippen LogP contribution in [-0.4, -0.2) is 78.3 Å². The Kier molecular flexibility index (Phi) is 8.57. The quantitative estimate of drug-likeness (QED) is 0.378. The van der Waals surface area contributed by atoms with Gasteiger partial charge in [0, 0.05) is 47.8 Å². The van der Waals surface area contributed by atoms with Crippen molar-refractivity contribution in [2.45, 2.75) is 38.2 Å².